The molecule has 0 N–H and O–H groups in total. The third kappa shape index (κ3) is 2.44. The summed E-state index contributed by atoms with van der Waals surface area (Å²) in [6.45, 7) is 4.26. The van der Waals surface area contributed by atoms with E-state index in [0.29, 0.717) is 17.9 Å². The molecule has 0 heterocycles. The molecule has 1 rings (SSSR count). The molecule has 0 bridgehead atoms. The van der Waals surface area contributed by atoms with E-state index in [1.807, 2.05) is 6.92 Å². The summed E-state index contributed by atoms with van der Waals surface area (Å²) in [5.74, 6) is 0.0605. The van der Waals surface area contributed by atoms with Gasteiger partial charge in [0.15, 0.2) is 11.6 Å². The van der Waals surface area contributed by atoms with Crippen LogP contribution in [0.15, 0.2) is 16.6 Å². The van der Waals surface area contributed by atoms with E-state index in [-0.39, 0.29) is 5.82 Å². The zero-order chi connectivity index (χ0) is 9.84. The number of halogens is 2. The Balaban J connectivity index is 2.90. The van der Waals surface area contributed by atoms with E-state index in [2.05, 4.69) is 15.9 Å². The smallest absolute Gasteiger partial charge is 0.169 e. The van der Waals surface area contributed by atoms with E-state index in [9.17, 15) is 4.39 Å². The first-order chi connectivity index (χ1) is 6.16. The molecule has 0 fully saturated rings. The summed E-state index contributed by atoms with van der Waals surface area (Å²) in [5.41, 5.74) is 0.591. The van der Waals surface area contributed by atoms with Gasteiger partial charge in [0.05, 0.1) is 6.61 Å². The maximum Gasteiger partial charge on any atom is 0.169 e. The van der Waals surface area contributed by atoms with Crippen molar-refractivity contribution < 1.29 is 9.13 Å². The highest BCUT2D eigenvalue weighted by molar-refractivity contribution is 9.10. The molecule has 13 heavy (non-hydrogen) atoms. The fraction of sp³-hybridized carbons (Fsp3) is 0.400. The van der Waals surface area contributed by atoms with Gasteiger partial charge in [-0.25, -0.2) is 4.39 Å². The summed E-state index contributed by atoms with van der Waals surface area (Å²) in [6.07, 6.45) is 0.883. The van der Waals surface area contributed by atoms with Gasteiger partial charge in [0.1, 0.15) is 0 Å². The molecule has 0 unspecified atom stereocenters. The fourth-order valence-electron chi connectivity index (χ4n) is 0.960. The molecule has 0 aromatic heterocycles. The topological polar surface area (TPSA) is 9.23 Å². The first-order valence-corrected chi connectivity index (χ1v) is 5.03. The molecule has 72 valence electrons. The Bertz CT molecular complexity index is 299. The monoisotopic (exact) mass is 246 g/mol. The molecule has 0 saturated carbocycles. The van der Waals surface area contributed by atoms with Crippen molar-refractivity contribution in [3.63, 3.8) is 0 Å². The third-order valence-electron chi connectivity index (χ3n) is 1.75. The minimum Gasteiger partial charge on any atom is -0.491 e. The number of hydrogen-bond acceptors (Lipinski definition) is 1. The van der Waals surface area contributed by atoms with Crippen LogP contribution in [0.25, 0.3) is 0 Å². The molecule has 0 aliphatic rings. The lowest BCUT2D eigenvalue weighted by molar-refractivity contribution is 0.300. The summed E-state index contributed by atoms with van der Waals surface area (Å²) in [7, 11) is 0. The SMILES string of the molecule is CCCOc1ccc(Br)c(C)c1F. The lowest BCUT2D eigenvalue weighted by atomic mass is 10.2. The molecule has 0 radical (unpaired) electrons. The first-order valence-electron chi connectivity index (χ1n) is 4.24. The van der Waals surface area contributed by atoms with Crippen molar-refractivity contribution in [2.75, 3.05) is 6.61 Å². The van der Waals surface area contributed by atoms with Gasteiger partial charge in [0, 0.05) is 10.0 Å². The molecule has 0 atom stereocenters. The van der Waals surface area contributed by atoms with Crippen molar-refractivity contribution in [1.29, 1.82) is 0 Å². The van der Waals surface area contributed by atoms with Gasteiger partial charge in [-0.05, 0) is 25.5 Å². The Kier molecular flexibility index (Phi) is 3.72. The van der Waals surface area contributed by atoms with Gasteiger partial charge in [0.2, 0.25) is 0 Å². The Morgan fingerprint density at radius 1 is 1.46 bits per heavy atom. The molecule has 3 heteroatoms. The molecule has 1 nitrogen and oxygen atoms in total. The summed E-state index contributed by atoms with van der Waals surface area (Å²) < 4.78 is 19.4. The molecular formula is C10H12BrFO. The van der Waals surface area contributed by atoms with Gasteiger partial charge >= 0.3 is 0 Å². The van der Waals surface area contributed by atoms with Crippen molar-refractivity contribution in [2.45, 2.75) is 20.3 Å². The largest absolute Gasteiger partial charge is 0.491 e. The van der Waals surface area contributed by atoms with Crippen molar-refractivity contribution in [1.82, 2.24) is 0 Å². The van der Waals surface area contributed by atoms with Crippen LogP contribution in [0, 0.1) is 12.7 Å². The second-order valence-corrected chi connectivity index (χ2v) is 3.69. The van der Waals surface area contributed by atoms with E-state index in [1.165, 1.54) is 0 Å². The van der Waals surface area contributed by atoms with Crippen LogP contribution < -0.4 is 4.74 Å². The first kappa shape index (κ1) is 10.5. The Morgan fingerprint density at radius 2 is 2.15 bits per heavy atom. The second-order valence-electron chi connectivity index (χ2n) is 2.83. The van der Waals surface area contributed by atoms with Crippen molar-refractivity contribution >= 4 is 15.9 Å². The van der Waals surface area contributed by atoms with Crippen LogP contribution in [-0.4, -0.2) is 6.61 Å². The lowest BCUT2D eigenvalue weighted by Crippen LogP contribution is -1.98. The summed E-state index contributed by atoms with van der Waals surface area (Å²) in [5, 5.41) is 0. The van der Waals surface area contributed by atoms with Gasteiger partial charge in [-0.1, -0.05) is 22.9 Å². The van der Waals surface area contributed by atoms with Crippen LogP contribution in [-0.2, 0) is 0 Å². The van der Waals surface area contributed by atoms with Crippen LogP contribution in [0.3, 0.4) is 0 Å². The predicted molar refractivity (Wildman–Crippen MR) is 54.6 cm³/mol. The minimum absolute atomic E-state index is 0.275. The molecular weight excluding hydrogens is 235 g/mol. The second kappa shape index (κ2) is 4.61. The number of benzene rings is 1. The van der Waals surface area contributed by atoms with E-state index < -0.39 is 0 Å². The van der Waals surface area contributed by atoms with Crippen LogP contribution >= 0.6 is 15.9 Å². The van der Waals surface area contributed by atoms with E-state index in [4.69, 9.17) is 4.74 Å². The molecule has 1 aromatic rings. The Hall–Kier alpha value is -0.570. The predicted octanol–water partition coefficient (Wildman–Crippen LogP) is 3.69. The highest BCUT2D eigenvalue weighted by Gasteiger charge is 2.08. The highest BCUT2D eigenvalue weighted by Crippen LogP contribution is 2.26. The molecule has 0 aliphatic carbocycles. The average molecular weight is 247 g/mol. The highest BCUT2D eigenvalue weighted by atomic mass is 79.9. The Morgan fingerprint density at radius 3 is 2.77 bits per heavy atom. The minimum atomic E-state index is -0.275. The van der Waals surface area contributed by atoms with Gasteiger partial charge in [-0.3, -0.25) is 0 Å². The summed E-state index contributed by atoms with van der Waals surface area (Å²) in [6, 6.07) is 3.44. The molecule has 0 aliphatic heterocycles. The van der Waals surface area contributed by atoms with E-state index >= 15 is 0 Å². The zero-order valence-corrected chi connectivity index (χ0v) is 9.32. The fourth-order valence-corrected chi connectivity index (χ4v) is 1.27. The van der Waals surface area contributed by atoms with E-state index in [0.717, 1.165) is 10.9 Å². The lowest BCUT2D eigenvalue weighted by Gasteiger charge is -2.08. The van der Waals surface area contributed by atoms with Gasteiger partial charge in [-0.2, -0.15) is 0 Å². The normalized spacial score (nSPS) is 10.2. The van der Waals surface area contributed by atoms with Crippen molar-refractivity contribution in [2.24, 2.45) is 0 Å². The van der Waals surface area contributed by atoms with E-state index in [1.54, 1.807) is 19.1 Å². The maximum absolute atomic E-state index is 13.4. The molecule has 0 spiro atoms. The standard InChI is InChI=1S/C10H12BrFO/c1-3-6-13-9-5-4-8(11)7(2)10(9)12/h4-5H,3,6H2,1-2H3. The molecule has 1 aromatic carbocycles. The van der Waals surface area contributed by atoms with Gasteiger partial charge in [0.25, 0.3) is 0 Å². The van der Waals surface area contributed by atoms with Gasteiger partial charge in [-0.15, -0.1) is 0 Å². The quantitative estimate of drug-likeness (QED) is 0.791. The third-order valence-corrected chi connectivity index (χ3v) is 2.61. The average Bonchev–Trinajstić information content (AvgIpc) is 2.13. The number of rotatable bonds is 3. The van der Waals surface area contributed by atoms with Crippen LogP contribution in [0.1, 0.15) is 18.9 Å². The summed E-state index contributed by atoms with van der Waals surface area (Å²) in [4.78, 5) is 0. The van der Waals surface area contributed by atoms with Gasteiger partial charge < -0.3 is 4.74 Å². The summed E-state index contributed by atoms with van der Waals surface area (Å²) >= 11 is 3.25. The van der Waals surface area contributed by atoms with Crippen LogP contribution in [0.4, 0.5) is 4.39 Å². The van der Waals surface area contributed by atoms with Crippen LogP contribution in [0.5, 0.6) is 5.75 Å². The molecule has 0 saturated heterocycles. The Labute approximate surface area is 86.0 Å². The molecule has 0 amide bonds. The maximum atomic E-state index is 13.4. The van der Waals surface area contributed by atoms with Crippen molar-refractivity contribution in [3.8, 4) is 5.75 Å². The number of ether oxygens (including phenoxy) is 1. The van der Waals surface area contributed by atoms with Crippen LogP contribution in [0.2, 0.25) is 0 Å². The zero-order valence-electron chi connectivity index (χ0n) is 7.73. The van der Waals surface area contributed by atoms with Crippen molar-refractivity contribution in [3.05, 3.63) is 28.0 Å². The number of hydrogen-bond donors (Lipinski definition) is 0.